The summed E-state index contributed by atoms with van der Waals surface area (Å²) in [4.78, 5) is 14.0. The molecule has 120 valence electrons. The van der Waals surface area contributed by atoms with Crippen molar-refractivity contribution in [3.8, 4) is 5.75 Å². The Balaban J connectivity index is 1.90. The van der Waals surface area contributed by atoms with E-state index in [0.717, 1.165) is 15.9 Å². The highest BCUT2D eigenvalue weighted by atomic mass is 32.1. The standard InChI is InChI=1S/C16H16FN3O2S/c1-4-22-13-7-10(17)5-6-12(13)18-15(21)14-8-11-9(2)19-20(3)16(11)23-14/h5-8H,4H2,1-3H3,(H,18,21). The van der Waals surface area contributed by atoms with Crippen LogP contribution in [0.5, 0.6) is 5.75 Å². The molecule has 0 aliphatic carbocycles. The Hall–Kier alpha value is -2.41. The number of halogens is 1. The maximum atomic E-state index is 13.3. The Labute approximate surface area is 136 Å². The second-order valence-corrected chi connectivity index (χ2v) is 6.10. The van der Waals surface area contributed by atoms with Crippen LogP contribution in [-0.2, 0) is 7.05 Å². The molecule has 0 bridgehead atoms. The van der Waals surface area contributed by atoms with Crippen LogP contribution in [0.3, 0.4) is 0 Å². The SMILES string of the molecule is CCOc1cc(F)ccc1NC(=O)c1cc2c(C)nn(C)c2s1. The molecule has 1 aromatic carbocycles. The van der Waals surface area contributed by atoms with Crippen LogP contribution in [0.2, 0.25) is 0 Å². The molecule has 0 spiro atoms. The Morgan fingerprint density at radius 3 is 2.91 bits per heavy atom. The van der Waals surface area contributed by atoms with E-state index in [-0.39, 0.29) is 5.91 Å². The van der Waals surface area contributed by atoms with Gasteiger partial charge >= 0.3 is 0 Å². The lowest BCUT2D eigenvalue weighted by Gasteiger charge is -2.10. The van der Waals surface area contributed by atoms with Gasteiger partial charge in [0.05, 0.1) is 22.9 Å². The topological polar surface area (TPSA) is 56.1 Å². The summed E-state index contributed by atoms with van der Waals surface area (Å²) >= 11 is 1.37. The molecule has 0 saturated carbocycles. The molecule has 2 aromatic heterocycles. The molecule has 7 heteroatoms. The third-order valence-electron chi connectivity index (χ3n) is 3.41. The Bertz CT molecular complexity index is 850. The first-order valence-electron chi connectivity index (χ1n) is 7.16. The number of carbonyl (C=O) groups is 1. The maximum Gasteiger partial charge on any atom is 0.265 e. The van der Waals surface area contributed by atoms with Crippen molar-refractivity contribution in [2.75, 3.05) is 11.9 Å². The van der Waals surface area contributed by atoms with E-state index in [0.29, 0.717) is 22.9 Å². The predicted octanol–water partition coefficient (Wildman–Crippen LogP) is 3.73. The van der Waals surface area contributed by atoms with Gasteiger partial charge in [0.2, 0.25) is 0 Å². The third kappa shape index (κ3) is 2.92. The summed E-state index contributed by atoms with van der Waals surface area (Å²) in [5.41, 5.74) is 1.33. The maximum absolute atomic E-state index is 13.3. The van der Waals surface area contributed by atoms with E-state index < -0.39 is 5.82 Å². The number of benzene rings is 1. The molecule has 3 rings (SSSR count). The summed E-state index contributed by atoms with van der Waals surface area (Å²) in [5, 5.41) is 8.06. The second-order valence-electron chi connectivity index (χ2n) is 5.07. The van der Waals surface area contributed by atoms with Crippen LogP contribution < -0.4 is 10.1 Å². The highest BCUT2D eigenvalue weighted by Crippen LogP contribution is 2.30. The van der Waals surface area contributed by atoms with Crippen LogP contribution >= 0.6 is 11.3 Å². The zero-order chi connectivity index (χ0) is 16.6. The van der Waals surface area contributed by atoms with Gasteiger partial charge in [-0.1, -0.05) is 0 Å². The number of ether oxygens (including phenoxy) is 1. The molecule has 0 aliphatic rings. The van der Waals surface area contributed by atoms with Gasteiger partial charge in [-0.05, 0) is 32.0 Å². The molecular weight excluding hydrogens is 317 g/mol. The van der Waals surface area contributed by atoms with Crippen molar-refractivity contribution >= 4 is 33.1 Å². The van der Waals surface area contributed by atoms with Crippen LogP contribution in [0.15, 0.2) is 24.3 Å². The van der Waals surface area contributed by atoms with Crippen molar-refractivity contribution in [1.82, 2.24) is 9.78 Å². The summed E-state index contributed by atoms with van der Waals surface area (Å²) in [5.74, 6) is -0.340. The zero-order valence-electron chi connectivity index (χ0n) is 13.0. The van der Waals surface area contributed by atoms with E-state index in [4.69, 9.17) is 4.74 Å². The minimum atomic E-state index is -0.407. The molecule has 2 heterocycles. The van der Waals surface area contributed by atoms with Crippen LogP contribution in [0.25, 0.3) is 10.2 Å². The molecular formula is C16H16FN3O2S. The number of aromatic nitrogens is 2. The summed E-state index contributed by atoms with van der Waals surface area (Å²) in [6.07, 6.45) is 0. The van der Waals surface area contributed by atoms with Crippen LogP contribution in [0.4, 0.5) is 10.1 Å². The van der Waals surface area contributed by atoms with Crippen LogP contribution in [-0.4, -0.2) is 22.3 Å². The minimum Gasteiger partial charge on any atom is -0.492 e. The fraction of sp³-hybridized carbons (Fsp3) is 0.250. The first-order valence-corrected chi connectivity index (χ1v) is 7.98. The van der Waals surface area contributed by atoms with E-state index in [1.165, 1.54) is 29.5 Å². The van der Waals surface area contributed by atoms with Crippen LogP contribution in [0.1, 0.15) is 22.3 Å². The minimum absolute atomic E-state index is 0.252. The van der Waals surface area contributed by atoms with Gasteiger partial charge in [-0.3, -0.25) is 9.48 Å². The lowest BCUT2D eigenvalue weighted by molar-refractivity contribution is 0.103. The summed E-state index contributed by atoms with van der Waals surface area (Å²) in [7, 11) is 1.85. The summed E-state index contributed by atoms with van der Waals surface area (Å²) in [6, 6.07) is 5.87. The lowest BCUT2D eigenvalue weighted by atomic mass is 10.2. The number of hydrogen-bond acceptors (Lipinski definition) is 4. The quantitative estimate of drug-likeness (QED) is 0.791. The first-order chi connectivity index (χ1) is 11.0. The molecule has 0 radical (unpaired) electrons. The molecule has 3 aromatic rings. The smallest absolute Gasteiger partial charge is 0.265 e. The Kier molecular flexibility index (Phi) is 4.04. The third-order valence-corrected chi connectivity index (χ3v) is 4.61. The van der Waals surface area contributed by atoms with E-state index in [9.17, 15) is 9.18 Å². The van der Waals surface area contributed by atoms with Crippen LogP contribution in [0, 0.1) is 12.7 Å². The second kappa shape index (κ2) is 6.00. The predicted molar refractivity (Wildman–Crippen MR) is 88.9 cm³/mol. The molecule has 23 heavy (non-hydrogen) atoms. The number of thiophene rings is 1. The van der Waals surface area contributed by atoms with E-state index in [2.05, 4.69) is 10.4 Å². The number of fused-ring (bicyclic) bond motifs is 1. The fourth-order valence-electron chi connectivity index (χ4n) is 2.38. The normalized spacial score (nSPS) is 11.0. The van der Waals surface area contributed by atoms with Gasteiger partial charge in [0.25, 0.3) is 5.91 Å². The van der Waals surface area contributed by atoms with Gasteiger partial charge in [0.15, 0.2) is 0 Å². The molecule has 1 amide bonds. The highest BCUT2D eigenvalue weighted by Gasteiger charge is 2.16. The number of anilines is 1. The van der Waals surface area contributed by atoms with Gasteiger partial charge in [-0.15, -0.1) is 11.3 Å². The average Bonchev–Trinajstić information content (AvgIpc) is 3.05. The molecule has 0 fully saturated rings. The highest BCUT2D eigenvalue weighted by molar-refractivity contribution is 7.20. The van der Waals surface area contributed by atoms with Crippen molar-refractivity contribution in [1.29, 1.82) is 0 Å². The number of nitrogens with one attached hydrogen (secondary N) is 1. The van der Waals surface area contributed by atoms with Gasteiger partial charge < -0.3 is 10.1 Å². The van der Waals surface area contributed by atoms with Gasteiger partial charge in [-0.2, -0.15) is 5.10 Å². The molecule has 0 saturated heterocycles. The Morgan fingerprint density at radius 1 is 1.43 bits per heavy atom. The number of carbonyl (C=O) groups excluding carboxylic acids is 1. The molecule has 5 nitrogen and oxygen atoms in total. The van der Waals surface area contributed by atoms with Crippen molar-refractivity contribution in [2.45, 2.75) is 13.8 Å². The number of amides is 1. The molecule has 0 aliphatic heterocycles. The number of hydrogen-bond donors (Lipinski definition) is 1. The molecule has 0 unspecified atom stereocenters. The van der Waals surface area contributed by atoms with Crippen molar-refractivity contribution in [2.24, 2.45) is 7.05 Å². The summed E-state index contributed by atoms with van der Waals surface area (Å²) < 4.78 is 20.4. The summed E-state index contributed by atoms with van der Waals surface area (Å²) in [6.45, 7) is 4.10. The number of rotatable bonds is 4. The first kappa shape index (κ1) is 15.5. The number of nitrogens with zero attached hydrogens (tertiary/aromatic N) is 2. The number of aryl methyl sites for hydroxylation is 2. The van der Waals surface area contributed by atoms with Gasteiger partial charge in [0, 0.05) is 18.5 Å². The Morgan fingerprint density at radius 2 is 2.22 bits per heavy atom. The van der Waals surface area contributed by atoms with Gasteiger partial charge in [0.1, 0.15) is 16.4 Å². The van der Waals surface area contributed by atoms with E-state index in [1.54, 1.807) is 11.6 Å². The monoisotopic (exact) mass is 333 g/mol. The van der Waals surface area contributed by atoms with E-state index >= 15 is 0 Å². The van der Waals surface area contributed by atoms with E-state index in [1.807, 2.05) is 20.0 Å². The lowest BCUT2D eigenvalue weighted by Crippen LogP contribution is -2.11. The molecule has 0 atom stereocenters. The van der Waals surface area contributed by atoms with Gasteiger partial charge in [-0.25, -0.2) is 4.39 Å². The fourth-order valence-corrected chi connectivity index (χ4v) is 3.39. The largest absolute Gasteiger partial charge is 0.492 e. The zero-order valence-corrected chi connectivity index (χ0v) is 13.8. The van der Waals surface area contributed by atoms with Crippen molar-refractivity contribution in [3.05, 3.63) is 40.7 Å². The van der Waals surface area contributed by atoms with Crippen molar-refractivity contribution < 1.29 is 13.9 Å². The van der Waals surface area contributed by atoms with Crippen molar-refractivity contribution in [3.63, 3.8) is 0 Å². The molecule has 1 N–H and O–H groups in total. The average molecular weight is 333 g/mol.